The molecule has 0 saturated carbocycles. The molecule has 136 valence electrons. The Labute approximate surface area is 156 Å². The van der Waals surface area contributed by atoms with E-state index < -0.39 is 18.2 Å². The van der Waals surface area contributed by atoms with E-state index in [1.807, 2.05) is 24.3 Å². The van der Waals surface area contributed by atoms with Crippen LogP contribution in [0.2, 0.25) is 5.02 Å². The molecule has 0 aromatic heterocycles. The molecule has 2 atom stereocenters. The summed E-state index contributed by atoms with van der Waals surface area (Å²) in [6.45, 7) is 0. The van der Waals surface area contributed by atoms with Gasteiger partial charge in [-0.3, -0.25) is 9.79 Å². The summed E-state index contributed by atoms with van der Waals surface area (Å²) >= 11 is 6.00. The third-order valence-corrected chi connectivity index (χ3v) is 4.42. The van der Waals surface area contributed by atoms with Crippen molar-refractivity contribution in [3.63, 3.8) is 0 Å². The van der Waals surface area contributed by atoms with Crippen LogP contribution in [0.25, 0.3) is 0 Å². The molecule has 0 aliphatic carbocycles. The van der Waals surface area contributed by atoms with Crippen LogP contribution in [-0.2, 0) is 9.53 Å². The number of carbonyl (C=O) groups is 1. The van der Waals surface area contributed by atoms with E-state index in [0.717, 1.165) is 11.1 Å². The lowest BCUT2D eigenvalue weighted by Crippen LogP contribution is -2.33. The highest BCUT2D eigenvalue weighted by molar-refractivity contribution is 6.30. The second-order valence-corrected chi connectivity index (χ2v) is 6.27. The molecule has 3 rings (SSSR count). The molecule has 1 aliphatic heterocycles. The number of esters is 1. The Morgan fingerprint density at radius 2 is 1.96 bits per heavy atom. The number of benzodiazepines with no additional fused rings is 1. The fourth-order valence-corrected chi connectivity index (χ4v) is 2.91. The molecule has 0 fully saturated rings. The number of benzene rings is 2. The zero-order valence-corrected chi connectivity index (χ0v) is 15.2. The fourth-order valence-electron chi connectivity index (χ4n) is 2.78. The minimum absolute atomic E-state index is 0.0487. The van der Waals surface area contributed by atoms with Crippen molar-refractivity contribution in [2.24, 2.45) is 4.99 Å². The Morgan fingerprint density at radius 3 is 2.62 bits per heavy atom. The maximum Gasteiger partial charge on any atom is 0.307 e. The van der Waals surface area contributed by atoms with Gasteiger partial charge in [-0.05, 0) is 30.3 Å². The Bertz CT molecular complexity index is 836. The summed E-state index contributed by atoms with van der Waals surface area (Å²) in [6, 6.07) is 12.0. The number of anilines is 1. The third kappa shape index (κ3) is 3.81. The van der Waals surface area contributed by atoms with Gasteiger partial charge in [-0.15, -0.1) is 0 Å². The molecule has 26 heavy (non-hydrogen) atoms. The molecule has 7 heteroatoms. The van der Waals surface area contributed by atoms with E-state index in [2.05, 4.69) is 10.3 Å². The first-order valence-corrected chi connectivity index (χ1v) is 8.43. The lowest BCUT2D eigenvalue weighted by molar-refractivity contribution is -0.141. The first kappa shape index (κ1) is 18.2. The Morgan fingerprint density at radius 1 is 1.23 bits per heavy atom. The van der Waals surface area contributed by atoms with Crippen molar-refractivity contribution in [3.8, 4) is 5.75 Å². The van der Waals surface area contributed by atoms with E-state index in [1.54, 1.807) is 25.3 Å². The number of nitrogens with one attached hydrogen (secondary N) is 1. The highest BCUT2D eigenvalue weighted by atomic mass is 35.5. The maximum atomic E-state index is 11.7. The van der Waals surface area contributed by atoms with E-state index >= 15 is 0 Å². The molecule has 0 bridgehead atoms. The van der Waals surface area contributed by atoms with Crippen molar-refractivity contribution in [2.45, 2.75) is 18.7 Å². The number of aliphatic hydroxyl groups excluding tert-OH is 1. The molecule has 1 heterocycles. The third-order valence-electron chi connectivity index (χ3n) is 4.17. The van der Waals surface area contributed by atoms with Gasteiger partial charge >= 0.3 is 5.97 Å². The minimum atomic E-state index is -1.04. The number of hydrogen-bond donors (Lipinski definition) is 2. The number of ether oxygens (including phenoxy) is 2. The zero-order valence-electron chi connectivity index (χ0n) is 14.4. The minimum Gasteiger partial charge on any atom is -0.497 e. The van der Waals surface area contributed by atoms with Crippen molar-refractivity contribution in [1.82, 2.24) is 0 Å². The summed E-state index contributed by atoms with van der Waals surface area (Å²) in [5.41, 5.74) is 2.90. The van der Waals surface area contributed by atoms with Gasteiger partial charge in [-0.25, -0.2) is 0 Å². The lowest BCUT2D eigenvalue weighted by atomic mass is 10.00. The maximum absolute atomic E-state index is 11.7. The first-order chi connectivity index (χ1) is 12.5. The molecule has 0 radical (unpaired) electrons. The van der Waals surface area contributed by atoms with Gasteiger partial charge in [0, 0.05) is 21.8 Å². The number of fused-ring (bicyclic) bond motifs is 1. The van der Waals surface area contributed by atoms with E-state index in [9.17, 15) is 9.90 Å². The van der Waals surface area contributed by atoms with Crippen molar-refractivity contribution in [1.29, 1.82) is 0 Å². The van der Waals surface area contributed by atoms with Gasteiger partial charge in [0.2, 0.25) is 0 Å². The number of carbonyl (C=O) groups excluding carboxylic acids is 1. The van der Waals surface area contributed by atoms with Crippen molar-refractivity contribution >= 4 is 29.0 Å². The number of aliphatic hydroxyl groups is 1. The smallest absolute Gasteiger partial charge is 0.307 e. The first-order valence-electron chi connectivity index (χ1n) is 8.05. The molecule has 2 aromatic rings. The van der Waals surface area contributed by atoms with E-state index in [-0.39, 0.29) is 6.42 Å². The summed E-state index contributed by atoms with van der Waals surface area (Å²) in [4.78, 5) is 16.4. The topological polar surface area (TPSA) is 80.2 Å². The standard InChI is InChI=1S/C19H19ClN2O4/c1-25-13-7-8-15-14(9-13)18(11-3-5-12(20)6-4-11)21-16(19(24)22-15)10-17(23)26-2/h3-9,16,19,22,24H,10H2,1-2H3/t16-,19?/m0/s1. The fraction of sp³-hybridized carbons (Fsp3) is 0.263. The van der Waals surface area contributed by atoms with Crippen molar-refractivity contribution in [2.75, 3.05) is 19.5 Å². The van der Waals surface area contributed by atoms with Crippen LogP contribution < -0.4 is 10.1 Å². The van der Waals surface area contributed by atoms with Gasteiger partial charge in [0.1, 0.15) is 18.0 Å². The van der Waals surface area contributed by atoms with Gasteiger partial charge < -0.3 is 19.9 Å². The molecular formula is C19H19ClN2O4. The summed E-state index contributed by atoms with van der Waals surface area (Å²) in [7, 11) is 2.89. The van der Waals surface area contributed by atoms with Crippen LogP contribution in [0.3, 0.4) is 0 Å². The quantitative estimate of drug-likeness (QED) is 0.804. The normalized spacial score (nSPS) is 18.8. The highest BCUT2D eigenvalue weighted by Gasteiger charge is 2.28. The number of nitrogens with zero attached hydrogens (tertiary/aromatic N) is 1. The lowest BCUT2D eigenvalue weighted by Gasteiger charge is -2.18. The van der Waals surface area contributed by atoms with Gasteiger partial charge in [-0.2, -0.15) is 0 Å². The van der Waals surface area contributed by atoms with Crippen LogP contribution in [0.1, 0.15) is 17.5 Å². The molecule has 1 unspecified atom stereocenters. The molecule has 0 spiro atoms. The Kier molecular flexibility index (Phi) is 5.44. The highest BCUT2D eigenvalue weighted by Crippen LogP contribution is 2.30. The van der Waals surface area contributed by atoms with Crippen LogP contribution >= 0.6 is 11.6 Å². The number of aliphatic imine (C=N–C) groups is 1. The second kappa shape index (κ2) is 7.76. The average Bonchev–Trinajstić information content (AvgIpc) is 2.78. The summed E-state index contributed by atoms with van der Waals surface area (Å²) in [5.74, 6) is 0.215. The molecule has 2 N–H and O–H groups in total. The van der Waals surface area contributed by atoms with Crippen molar-refractivity contribution in [3.05, 3.63) is 58.6 Å². The Balaban J connectivity index is 2.13. The van der Waals surface area contributed by atoms with Crippen LogP contribution in [-0.4, -0.2) is 43.3 Å². The van der Waals surface area contributed by atoms with Crippen LogP contribution in [0, 0.1) is 0 Å². The SMILES string of the molecule is COC(=O)C[C@@H]1N=C(c2ccc(Cl)cc2)c2cc(OC)ccc2NC1O. The van der Waals surface area contributed by atoms with Gasteiger partial charge in [0.25, 0.3) is 0 Å². The van der Waals surface area contributed by atoms with Crippen LogP contribution in [0.4, 0.5) is 5.69 Å². The molecule has 0 amide bonds. The monoisotopic (exact) mass is 374 g/mol. The summed E-state index contributed by atoms with van der Waals surface area (Å²) in [5, 5.41) is 14.1. The Hall–Kier alpha value is -2.57. The van der Waals surface area contributed by atoms with E-state index in [4.69, 9.17) is 21.1 Å². The number of methoxy groups -OCH3 is 2. The van der Waals surface area contributed by atoms with E-state index in [0.29, 0.717) is 22.2 Å². The second-order valence-electron chi connectivity index (χ2n) is 5.83. The number of halogens is 1. The zero-order chi connectivity index (χ0) is 18.7. The van der Waals surface area contributed by atoms with Gasteiger partial charge in [0.05, 0.1) is 26.4 Å². The predicted octanol–water partition coefficient (Wildman–Crippen LogP) is 2.86. The predicted molar refractivity (Wildman–Crippen MR) is 100 cm³/mol. The number of rotatable bonds is 4. The van der Waals surface area contributed by atoms with Crippen LogP contribution in [0.15, 0.2) is 47.5 Å². The summed E-state index contributed by atoms with van der Waals surface area (Å²) < 4.78 is 10.0. The number of hydrogen-bond acceptors (Lipinski definition) is 6. The van der Waals surface area contributed by atoms with E-state index in [1.165, 1.54) is 7.11 Å². The summed E-state index contributed by atoms with van der Waals surface area (Å²) in [6.07, 6.45) is -1.08. The van der Waals surface area contributed by atoms with Gasteiger partial charge in [-0.1, -0.05) is 23.7 Å². The van der Waals surface area contributed by atoms with Gasteiger partial charge in [0.15, 0.2) is 0 Å². The largest absolute Gasteiger partial charge is 0.497 e. The van der Waals surface area contributed by atoms with Crippen LogP contribution in [0.5, 0.6) is 5.75 Å². The molecule has 1 aliphatic rings. The average molecular weight is 375 g/mol. The molecular weight excluding hydrogens is 356 g/mol. The molecule has 6 nitrogen and oxygen atoms in total. The molecule has 2 aromatic carbocycles. The van der Waals surface area contributed by atoms with Crippen molar-refractivity contribution < 1.29 is 19.4 Å². The molecule has 0 saturated heterocycles.